The normalized spacial score (nSPS) is 12.7. The fraction of sp³-hybridized carbons (Fsp3) is 0.583. The number of ether oxygens (including phenoxy) is 2. The predicted octanol–water partition coefficient (Wildman–Crippen LogP) is 1.03. The molecule has 0 aromatic carbocycles. The highest BCUT2D eigenvalue weighted by molar-refractivity contribution is 5.79. The topological polar surface area (TPSA) is 76.4 Å². The fourth-order valence-electron chi connectivity index (χ4n) is 0.927. The van der Waals surface area contributed by atoms with Gasteiger partial charge in [-0.2, -0.15) is 5.26 Å². The van der Waals surface area contributed by atoms with Gasteiger partial charge in [-0.25, -0.2) is 0 Å². The van der Waals surface area contributed by atoms with E-state index in [0.717, 1.165) is 0 Å². The van der Waals surface area contributed by atoms with E-state index in [1.807, 2.05) is 6.07 Å². The summed E-state index contributed by atoms with van der Waals surface area (Å²) in [6.07, 6.45) is 4.50. The van der Waals surface area contributed by atoms with Crippen LogP contribution in [-0.2, 0) is 19.1 Å². The Hall–Kier alpha value is -2.01. The molecular weight excluding hydrogens is 222 g/mol. The van der Waals surface area contributed by atoms with Gasteiger partial charge in [0.1, 0.15) is 6.61 Å². The zero-order valence-electron chi connectivity index (χ0n) is 9.93. The maximum Gasteiger partial charge on any atom is 0.310 e. The first-order valence-corrected chi connectivity index (χ1v) is 5.20. The number of hydrogen-bond acceptors (Lipinski definition) is 5. The molecule has 0 saturated carbocycles. The van der Waals surface area contributed by atoms with Gasteiger partial charge in [-0.15, -0.1) is 6.42 Å². The Labute approximate surface area is 101 Å². The molecule has 0 aromatic heterocycles. The second-order valence-electron chi connectivity index (χ2n) is 3.48. The van der Waals surface area contributed by atoms with Gasteiger partial charge in [0, 0.05) is 0 Å². The van der Waals surface area contributed by atoms with E-state index >= 15 is 0 Å². The summed E-state index contributed by atoms with van der Waals surface area (Å²) >= 11 is 0. The van der Waals surface area contributed by atoms with E-state index in [1.165, 1.54) is 0 Å². The van der Waals surface area contributed by atoms with Crippen LogP contribution < -0.4 is 0 Å². The summed E-state index contributed by atoms with van der Waals surface area (Å²) < 4.78 is 9.58. The van der Waals surface area contributed by atoms with E-state index in [4.69, 9.17) is 21.2 Å². The van der Waals surface area contributed by atoms with E-state index in [2.05, 4.69) is 5.92 Å². The molecule has 5 nitrogen and oxygen atoms in total. The van der Waals surface area contributed by atoms with Crippen LogP contribution >= 0.6 is 0 Å². The molecule has 0 aromatic rings. The molecule has 5 heteroatoms. The van der Waals surface area contributed by atoms with E-state index < -0.39 is 24.0 Å². The van der Waals surface area contributed by atoms with Gasteiger partial charge in [0.2, 0.25) is 0 Å². The average molecular weight is 237 g/mol. The first kappa shape index (κ1) is 15.0. The van der Waals surface area contributed by atoms with Gasteiger partial charge in [-0.05, 0) is 6.92 Å². The molecule has 0 aliphatic rings. The minimum atomic E-state index is -0.612. The second kappa shape index (κ2) is 8.18. The standard InChI is InChI=1S/C12H15NO4/c1-4-10(3)17-12(15)9(2)8-11(14)16-7-5-6-13/h1,9-10H,5,7-8H2,2-3H3. The van der Waals surface area contributed by atoms with E-state index in [-0.39, 0.29) is 19.4 Å². The SMILES string of the molecule is C#CC(C)OC(=O)C(C)CC(=O)OCCC#N. The van der Waals surface area contributed by atoms with Crippen LogP contribution in [0, 0.1) is 29.6 Å². The molecule has 0 spiro atoms. The van der Waals surface area contributed by atoms with Gasteiger partial charge in [0.05, 0.1) is 24.8 Å². The van der Waals surface area contributed by atoms with Crippen molar-refractivity contribution in [1.82, 2.24) is 0 Å². The molecule has 0 heterocycles. The zero-order chi connectivity index (χ0) is 13.3. The third kappa shape index (κ3) is 6.97. The molecule has 2 atom stereocenters. The lowest BCUT2D eigenvalue weighted by molar-refractivity contribution is -0.156. The van der Waals surface area contributed by atoms with Gasteiger partial charge in [0.15, 0.2) is 6.10 Å². The highest BCUT2D eigenvalue weighted by atomic mass is 16.5. The molecule has 17 heavy (non-hydrogen) atoms. The number of hydrogen-bond donors (Lipinski definition) is 0. The van der Waals surface area contributed by atoms with Crippen molar-refractivity contribution < 1.29 is 19.1 Å². The third-order valence-electron chi connectivity index (χ3n) is 1.88. The highest BCUT2D eigenvalue weighted by Gasteiger charge is 2.20. The number of nitrogens with zero attached hydrogens (tertiary/aromatic N) is 1. The molecule has 0 aliphatic carbocycles. The molecule has 0 saturated heterocycles. The third-order valence-corrected chi connectivity index (χ3v) is 1.88. The van der Waals surface area contributed by atoms with Gasteiger partial charge in [-0.1, -0.05) is 12.8 Å². The Bertz CT molecular complexity index is 350. The van der Waals surface area contributed by atoms with Crippen molar-refractivity contribution in [3.8, 4) is 18.4 Å². The fourth-order valence-corrected chi connectivity index (χ4v) is 0.927. The van der Waals surface area contributed by atoms with E-state index in [9.17, 15) is 9.59 Å². The summed E-state index contributed by atoms with van der Waals surface area (Å²) in [6.45, 7) is 3.16. The molecule has 0 rings (SSSR count). The molecule has 0 N–H and O–H groups in total. The summed E-state index contributed by atoms with van der Waals surface area (Å²) in [5.41, 5.74) is 0. The minimum absolute atomic E-state index is 0.0395. The highest BCUT2D eigenvalue weighted by Crippen LogP contribution is 2.07. The summed E-state index contributed by atoms with van der Waals surface area (Å²) in [5, 5.41) is 8.24. The lowest BCUT2D eigenvalue weighted by Crippen LogP contribution is -2.23. The second-order valence-corrected chi connectivity index (χ2v) is 3.48. The van der Waals surface area contributed by atoms with Crippen molar-refractivity contribution in [3.63, 3.8) is 0 Å². The quantitative estimate of drug-likeness (QED) is 0.392. The Kier molecular flexibility index (Phi) is 7.21. The van der Waals surface area contributed by atoms with Gasteiger partial charge in [0.25, 0.3) is 0 Å². The lowest BCUT2D eigenvalue weighted by atomic mass is 10.1. The van der Waals surface area contributed by atoms with Crippen molar-refractivity contribution in [2.45, 2.75) is 32.8 Å². The number of nitriles is 1. The molecule has 2 unspecified atom stereocenters. The van der Waals surface area contributed by atoms with Crippen LogP contribution in [0.15, 0.2) is 0 Å². The number of rotatable bonds is 6. The molecule has 92 valence electrons. The summed E-state index contributed by atoms with van der Waals surface area (Å²) in [7, 11) is 0. The van der Waals surface area contributed by atoms with Crippen molar-refractivity contribution in [1.29, 1.82) is 5.26 Å². The molecule has 0 amide bonds. The Morgan fingerprint density at radius 1 is 1.41 bits per heavy atom. The largest absolute Gasteiger partial charge is 0.465 e. The van der Waals surface area contributed by atoms with Crippen LogP contribution in [0.3, 0.4) is 0 Å². The van der Waals surface area contributed by atoms with Crippen LogP contribution in [0.1, 0.15) is 26.7 Å². The number of carbonyl (C=O) groups is 2. The van der Waals surface area contributed by atoms with Crippen molar-refractivity contribution in [3.05, 3.63) is 0 Å². The monoisotopic (exact) mass is 237 g/mol. The van der Waals surface area contributed by atoms with Gasteiger partial charge in [-0.3, -0.25) is 9.59 Å². The Balaban J connectivity index is 3.96. The molecule has 0 radical (unpaired) electrons. The van der Waals surface area contributed by atoms with E-state index in [1.54, 1.807) is 13.8 Å². The van der Waals surface area contributed by atoms with Crippen molar-refractivity contribution in [2.24, 2.45) is 5.92 Å². The molecular formula is C12H15NO4. The molecule has 0 aliphatic heterocycles. The number of carbonyl (C=O) groups excluding carboxylic acids is 2. The first-order chi connectivity index (χ1) is 8.01. The average Bonchev–Trinajstić information content (AvgIpc) is 2.28. The summed E-state index contributed by atoms with van der Waals surface area (Å²) in [6, 6.07) is 1.84. The molecule has 0 fully saturated rings. The lowest BCUT2D eigenvalue weighted by Gasteiger charge is -2.12. The van der Waals surface area contributed by atoms with Crippen LogP contribution in [0.5, 0.6) is 0 Å². The minimum Gasteiger partial charge on any atom is -0.465 e. The van der Waals surface area contributed by atoms with Crippen LogP contribution in [0.25, 0.3) is 0 Å². The van der Waals surface area contributed by atoms with Gasteiger partial charge >= 0.3 is 11.9 Å². The maximum atomic E-state index is 11.4. The number of esters is 2. The van der Waals surface area contributed by atoms with Crippen molar-refractivity contribution >= 4 is 11.9 Å². The first-order valence-electron chi connectivity index (χ1n) is 5.20. The molecule has 0 bridgehead atoms. The van der Waals surface area contributed by atoms with E-state index in [0.29, 0.717) is 0 Å². The number of terminal acetylenes is 1. The summed E-state index contributed by atoms with van der Waals surface area (Å²) in [4.78, 5) is 22.6. The van der Waals surface area contributed by atoms with Crippen LogP contribution in [0.2, 0.25) is 0 Å². The van der Waals surface area contributed by atoms with Gasteiger partial charge < -0.3 is 9.47 Å². The Morgan fingerprint density at radius 2 is 2.06 bits per heavy atom. The smallest absolute Gasteiger partial charge is 0.310 e. The van der Waals surface area contributed by atoms with Crippen LogP contribution in [-0.4, -0.2) is 24.6 Å². The van der Waals surface area contributed by atoms with Crippen LogP contribution in [0.4, 0.5) is 0 Å². The maximum absolute atomic E-state index is 11.4. The zero-order valence-corrected chi connectivity index (χ0v) is 9.93. The van der Waals surface area contributed by atoms with Crippen molar-refractivity contribution in [2.75, 3.05) is 6.61 Å². The Morgan fingerprint density at radius 3 is 2.59 bits per heavy atom. The predicted molar refractivity (Wildman–Crippen MR) is 59.4 cm³/mol. The summed E-state index contributed by atoms with van der Waals surface area (Å²) in [5.74, 6) is 0.576.